The molecule has 7 rings (SSSR count). The Kier molecular flexibility index (Phi) is 4.39. The van der Waals surface area contributed by atoms with Gasteiger partial charge in [-0.05, 0) is 67.8 Å². The number of carbonyl (C=O) groups is 3. The third-order valence-electron chi connectivity index (χ3n) is 11.2. The lowest BCUT2D eigenvalue weighted by Gasteiger charge is -2.67. The number of hydrogen-bond acceptors (Lipinski definition) is 5. The van der Waals surface area contributed by atoms with Crippen molar-refractivity contribution in [1.82, 2.24) is 5.32 Å². The molecule has 0 aromatic heterocycles. The zero-order valence-corrected chi connectivity index (χ0v) is 21.2. The van der Waals surface area contributed by atoms with Crippen LogP contribution in [0, 0.1) is 39.9 Å². The van der Waals surface area contributed by atoms with Gasteiger partial charge in [0.05, 0.1) is 18.6 Å². The lowest BCUT2D eigenvalue weighted by Crippen LogP contribution is -2.66. The highest BCUT2D eigenvalue weighted by atomic mass is 16.6. The van der Waals surface area contributed by atoms with Crippen molar-refractivity contribution < 1.29 is 23.9 Å². The van der Waals surface area contributed by atoms with E-state index in [0.29, 0.717) is 17.5 Å². The summed E-state index contributed by atoms with van der Waals surface area (Å²) in [7, 11) is 1.51. The lowest BCUT2D eigenvalue weighted by atomic mass is 9.35. The van der Waals surface area contributed by atoms with Gasteiger partial charge in [0.25, 0.3) is 0 Å². The summed E-state index contributed by atoms with van der Waals surface area (Å²) in [5.74, 6) is 0.692. The van der Waals surface area contributed by atoms with Crippen molar-refractivity contribution in [3.63, 3.8) is 0 Å². The maximum atomic E-state index is 13.4. The van der Waals surface area contributed by atoms with Gasteiger partial charge in [-0.25, -0.2) is 0 Å². The molecule has 2 bridgehead atoms. The fraction of sp³-hybridized carbons (Fsp3) is 0.750. The Bertz CT molecular complexity index is 1090. The smallest absolute Gasteiger partial charge is 0.311 e. The molecule has 0 aromatic rings. The number of ketones is 1. The average Bonchev–Trinajstić information content (AvgIpc) is 3.49. The van der Waals surface area contributed by atoms with E-state index in [4.69, 9.17) is 9.47 Å². The maximum absolute atomic E-state index is 13.4. The number of methoxy groups -OCH3 is 1. The third kappa shape index (κ3) is 2.30. The Morgan fingerprint density at radius 1 is 1.18 bits per heavy atom. The van der Waals surface area contributed by atoms with Crippen LogP contribution in [-0.2, 0) is 23.9 Å². The number of rotatable bonds is 3. The molecule has 1 spiro atoms. The van der Waals surface area contributed by atoms with Crippen LogP contribution < -0.4 is 5.32 Å². The molecular formula is C28H37NO5. The quantitative estimate of drug-likeness (QED) is 0.499. The van der Waals surface area contributed by atoms with Gasteiger partial charge in [-0.3, -0.25) is 14.4 Å². The molecule has 6 aliphatic carbocycles. The Balaban J connectivity index is 1.53. The Hall–Kier alpha value is -1.95. The highest BCUT2D eigenvalue weighted by Crippen LogP contribution is 2.81. The van der Waals surface area contributed by atoms with E-state index in [0.717, 1.165) is 49.7 Å². The molecule has 1 aliphatic heterocycles. The van der Waals surface area contributed by atoms with Gasteiger partial charge < -0.3 is 14.8 Å². The molecule has 0 aromatic carbocycles. The number of fused-ring (bicyclic) bond motifs is 1. The van der Waals surface area contributed by atoms with Crippen molar-refractivity contribution in [1.29, 1.82) is 0 Å². The monoisotopic (exact) mass is 467 g/mol. The van der Waals surface area contributed by atoms with Crippen molar-refractivity contribution in [3.05, 3.63) is 22.9 Å². The van der Waals surface area contributed by atoms with Gasteiger partial charge in [-0.2, -0.15) is 0 Å². The molecule has 34 heavy (non-hydrogen) atoms. The molecule has 8 atom stereocenters. The standard InChI is InChI=1S/C28H37NO5/c1-14(2)28-16-12-20-25(4)9-7-10-26(5,24(32)33-6)19(25)8-11-27(20,23(28)34-28)22-17(29-15(3)30)13-18(31)21(16)22/h13-14,16,19-20,23H,7-12H2,1-6H3,(H,29,30)/t16-,19-,20-,23?,25+,26-,27+,28?/m1/s1. The zero-order chi connectivity index (χ0) is 24.4. The highest BCUT2D eigenvalue weighted by molar-refractivity contribution is 6.11. The summed E-state index contributed by atoms with van der Waals surface area (Å²) in [6, 6.07) is 0. The van der Waals surface area contributed by atoms with Crippen LogP contribution in [0.5, 0.6) is 0 Å². The van der Waals surface area contributed by atoms with Crippen LogP contribution in [0.4, 0.5) is 0 Å². The number of epoxide rings is 1. The number of allylic oxidation sites excluding steroid dienone is 2. The molecule has 4 fully saturated rings. The second kappa shape index (κ2) is 6.63. The van der Waals surface area contributed by atoms with Crippen molar-refractivity contribution in [2.24, 2.45) is 39.9 Å². The summed E-state index contributed by atoms with van der Waals surface area (Å²) >= 11 is 0. The molecular weight excluding hydrogens is 430 g/mol. The minimum absolute atomic E-state index is 0.0382. The van der Waals surface area contributed by atoms with Crippen LogP contribution >= 0.6 is 0 Å². The van der Waals surface area contributed by atoms with Crippen LogP contribution in [0.2, 0.25) is 0 Å². The molecule has 7 aliphatic rings. The topological polar surface area (TPSA) is 85.0 Å². The maximum Gasteiger partial charge on any atom is 0.311 e. The molecule has 6 nitrogen and oxygen atoms in total. The molecule has 1 amide bonds. The van der Waals surface area contributed by atoms with Gasteiger partial charge in [0, 0.05) is 35.6 Å². The highest BCUT2D eigenvalue weighted by Gasteiger charge is 2.83. The fourth-order valence-corrected chi connectivity index (χ4v) is 10.1. The predicted molar refractivity (Wildman–Crippen MR) is 125 cm³/mol. The molecule has 1 heterocycles. The van der Waals surface area contributed by atoms with Gasteiger partial charge in [0.15, 0.2) is 5.78 Å². The normalized spacial score (nSPS) is 48.0. The summed E-state index contributed by atoms with van der Waals surface area (Å²) in [4.78, 5) is 38.6. The van der Waals surface area contributed by atoms with Crippen molar-refractivity contribution in [3.8, 4) is 0 Å². The number of amides is 1. The van der Waals surface area contributed by atoms with Crippen LogP contribution in [0.25, 0.3) is 0 Å². The molecule has 184 valence electrons. The van der Waals surface area contributed by atoms with Crippen LogP contribution in [-0.4, -0.2) is 36.5 Å². The van der Waals surface area contributed by atoms with Gasteiger partial charge in [-0.15, -0.1) is 0 Å². The summed E-state index contributed by atoms with van der Waals surface area (Å²) in [6.45, 7) is 10.4. The lowest BCUT2D eigenvalue weighted by molar-refractivity contribution is -0.184. The summed E-state index contributed by atoms with van der Waals surface area (Å²) in [6.07, 6.45) is 7.35. The summed E-state index contributed by atoms with van der Waals surface area (Å²) in [5, 5.41) is 3.01. The first kappa shape index (κ1) is 22.5. The molecule has 3 saturated carbocycles. The Labute approximate surface area is 201 Å². The Morgan fingerprint density at radius 2 is 1.91 bits per heavy atom. The number of esters is 1. The molecule has 6 heteroatoms. The van der Waals surface area contributed by atoms with E-state index < -0.39 is 5.41 Å². The van der Waals surface area contributed by atoms with Crippen molar-refractivity contribution >= 4 is 17.7 Å². The Morgan fingerprint density at radius 3 is 2.56 bits per heavy atom. The summed E-state index contributed by atoms with van der Waals surface area (Å²) < 4.78 is 12.1. The van der Waals surface area contributed by atoms with Gasteiger partial charge >= 0.3 is 5.97 Å². The van der Waals surface area contributed by atoms with E-state index >= 15 is 0 Å². The third-order valence-corrected chi connectivity index (χ3v) is 11.2. The van der Waals surface area contributed by atoms with E-state index in [1.54, 1.807) is 6.08 Å². The van der Waals surface area contributed by atoms with E-state index in [2.05, 4.69) is 33.0 Å². The number of nitrogens with one attached hydrogen (secondary N) is 1. The van der Waals surface area contributed by atoms with Crippen LogP contribution in [0.15, 0.2) is 22.9 Å². The SMILES string of the molecule is COC(=O)[C@]1(C)CCC[C@@]2(C)[C@H]1CC[C@@]13C4=C(C(=O)C=C4NC(C)=O)[C@@H](C[C@H]21)C1(C(C)C)OC13. The minimum Gasteiger partial charge on any atom is -0.469 e. The van der Waals surface area contributed by atoms with E-state index in [1.807, 2.05) is 0 Å². The van der Waals surface area contributed by atoms with Gasteiger partial charge in [-0.1, -0.05) is 27.2 Å². The van der Waals surface area contributed by atoms with Crippen LogP contribution in [0.3, 0.4) is 0 Å². The fourth-order valence-electron chi connectivity index (χ4n) is 10.1. The first-order chi connectivity index (χ1) is 16.0. The number of ether oxygens (including phenoxy) is 2. The van der Waals surface area contributed by atoms with E-state index in [-0.39, 0.29) is 52.0 Å². The second-order valence-corrected chi connectivity index (χ2v) is 12.6. The first-order valence-corrected chi connectivity index (χ1v) is 13.0. The van der Waals surface area contributed by atoms with Gasteiger partial charge in [0.1, 0.15) is 5.60 Å². The second-order valence-electron chi connectivity index (χ2n) is 12.6. The number of carbonyl (C=O) groups excluding carboxylic acids is 3. The van der Waals surface area contributed by atoms with E-state index in [1.165, 1.54) is 14.0 Å². The zero-order valence-electron chi connectivity index (χ0n) is 21.2. The largest absolute Gasteiger partial charge is 0.469 e. The van der Waals surface area contributed by atoms with Crippen molar-refractivity contribution in [2.45, 2.75) is 84.8 Å². The van der Waals surface area contributed by atoms with Crippen molar-refractivity contribution in [2.75, 3.05) is 7.11 Å². The van der Waals surface area contributed by atoms with Gasteiger partial charge in [0.2, 0.25) is 5.91 Å². The average molecular weight is 468 g/mol. The number of hydrogen-bond donors (Lipinski definition) is 1. The van der Waals surface area contributed by atoms with E-state index in [9.17, 15) is 14.4 Å². The predicted octanol–water partition coefficient (Wildman–Crippen LogP) is 4.09. The minimum atomic E-state index is -0.487. The molecule has 2 unspecified atom stereocenters. The molecule has 0 radical (unpaired) electrons. The summed E-state index contributed by atoms with van der Waals surface area (Å²) in [5.41, 5.74) is 1.54. The first-order valence-electron chi connectivity index (χ1n) is 13.0. The molecule has 1 saturated heterocycles. The molecule has 1 N–H and O–H groups in total. The van der Waals surface area contributed by atoms with Crippen LogP contribution in [0.1, 0.15) is 73.1 Å².